The summed E-state index contributed by atoms with van der Waals surface area (Å²) in [6.45, 7) is 3.18. The van der Waals surface area contributed by atoms with Gasteiger partial charge in [-0.25, -0.2) is 12.8 Å². The zero-order valence-corrected chi connectivity index (χ0v) is 16.6. The molecule has 0 heterocycles. The SMILES string of the molecule is CC(C)(Cc1ccccc1)NC(=O)CN(Cc1ccccc1F)S(C)(=O)=O. The summed E-state index contributed by atoms with van der Waals surface area (Å²) in [6, 6.07) is 15.6. The van der Waals surface area contributed by atoms with Crippen LogP contribution in [0.3, 0.4) is 0 Å². The maximum Gasteiger partial charge on any atom is 0.235 e. The topological polar surface area (TPSA) is 66.5 Å². The first-order valence-electron chi connectivity index (χ1n) is 8.60. The molecule has 0 saturated carbocycles. The van der Waals surface area contributed by atoms with E-state index in [9.17, 15) is 17.6 Å². The number of hydrogen-bond acceptors (Lipinski definition) is 3. The van der Waals surface area contributed by atoms with Gasteiger partial charge in [-0.3, -0.25) is 4.79 Å². The Morgan fingerprint density at radius 2 is 1.67 bits per heavy atom. The molecule has 0 bridgehead atoms. The van der Waals surface area contributed by atoms with Gasteiger partial charge in [0, 0.05) is 17.6 Å². The summed E-state index contributed by atoms with van der Waals surface area (Å²) in [4.78, 5) is 12.5. The molecule has 0 saturated heterocycles. The Kier molecular flexibility index (Phi) is 6.73. The van der Waals surface area contributed by atoms with Gasteiger partial charge in [-0.1, -0.05) is 48.5 Å². The number of nitrogens with zero attached hydrogens (tertiary/aromatic N) is 1. The summed E-state index contributed by atoms with van der Waals surface area (Å²) >= 11 is 0. The van der Waals surface area contributed by atoms with Crippen molar-refractivity contribution in [2.45, 2.75) is 32.4 Å². The number of carbonyl (C=O) groups is 1. The van der Waals surface area contributed by atoms with Crippen molar-refractivity contribution in [3.63, 3.8) is 0 Å². The lowest BCUT2D eigenvalue weighted by atomic mass is 9.95. The average Bonchev–Trinajstić information content (AvgIpc) is 2.55. The third-order valence-electron chi connectivity index (χ3n) is 4.06. The highest BCUT2D eigenvalue weighted by atomic mass is 32.2. The predicted octanol–water partition coefficient (Wildman–Crippen LogP) is 2.72. The molecule has 2 aromatic carbocycles. The van der Waals surface area contributed by atoms with E-state index < -0.39 is 27.3 Å². The zero-order chi connectivity index (χ0) is 20.1. The lowest BCUT2D eigenvalue weighted by Crippen LogP contribution is -2.49. The van der Waals surface area contributed by atoms with E-state index in [1.165, 1.54) is 18.2 Å². The monoisotopic (exact) mass is 392 g/mol. The van der Waals surface area contributed by atoms with E-state index in [4.69, 9.17) is 0 Å². The molecule has 1 amide bonds. The second-order valence-corrected chi connectivity index (χ2v) is 9.20. The molecule has 2 aromatic rings. The van der Waals surface area contributed by atoms with E-state index in [-0.39, 0.29) is 18.7 Å². The third kappa shape index (κ3) is 6.77. The highest BCUT2D eigenvalue weighted by molar-refractivity contribution is 7.88. The lowest BCUT2D eigenvalue weighted by molar-refractivity contribution is -0.122. The Morgan fingerprint density at radius 3 is 2.26 bits per heavy atom. The second-order valence-electron chi connectivity index (χ2n) is 7.22. The van der Waals surface area contributed by atoms with Crippen molar-refractivity contribution in [2.75, 3.05) is 12.8 Å². The molecule has 0 radical (unpaired) electrons. The van der Waals surface area contributed by atoms with Crippen LogP contribution in [-0.4, -0.2) is 37.0 Å². The van der Waals surface area contributed by atoms with Crippen molar-refractivity contribution in [3.8, 4) is 0 Å². The normalized spacial score (nSPS) is 12.2. The molecule has 0 aliphatic heterocycles. The van der Waals surface area contributed by atoms with E-state index in [1.807, 2.05) is 44.2 Å². The molecule has 7 heteroatoms. The van der Waals surface area contributed by atoms with Crippen molar-refractivity contribution in [3.05, 3.63) is 71.5 Å². The molecule has 5 nitrogen and oxygen atoms in total. The largest absolute Gasteiger partial charge is 0.350 e. The standard InChI is InChI=1S/C20H25FN2O3S/c1-20(2,13-16-9-5-4-6-10-16)22-19(24)15-23(27(3,25)26)14-17-11-7-8-12-18(17)21/h4-12H,13-15H2,1-3H3,(H,22,24). The number of carbonyl (C=O) groups excluding carboxylic acids is 1. The van der Waals surface area contributed by atoms with Gasteiger partial charge in [0.05, 0.1) is 12.8 Å². The molecular formula is C20H25FN2O3S. The fourth-order valence-electron chi connectivity index (χ4n) is 2.83. The van der Waals surface area contributed by atoms with Crippen LogP contribution in [0.1, 0.15) is 25.0 Å². The van der Waals surface area contributed by atoms with Crippen LogP contribution in [0.15, 0.2) is 54.6 Å². The summed E-state index contributed by atoms with van der Waals surface area (Å²) in [5.41, 5.74) is 0.730. The summed E-state index contributed by atoms with van der Waals surface area (Å²) in [6.07, 6.45) is 1.61. The highest BCUT2D eigenvalue weighted by Crippen LogP contribution is 2.14. The van der Waals surface area contributed by atoms with Crippen molar-refractivity contribution in [2.24, 2.45) is 0 Å². The van der Waals surface area contributed by atoms with Crippen LogP contribution in [0, 0.1) is 5.82 Å². The number of rotatable bonds is 8. The first kappa shape index (κ1) is 21.1. The molecule has 1 N–H and O–H groups in total. The van der Waals surface area contributed by atoms with Crippen LogP contribution in [0.5, 0.6) is 0 Å². The van der Waals surface area contributed by atoms with Crippen LogP contribution < -0.4 is 5.32 Å². The zero-order valence-electron chi connectivity index (χ0n) is 15.8. The number of benzene rings is 2. The smallest absolute Gasteiger partial charge is 0.235 e. The number of hydrogen-bond donors (Lipinski definition) is 1. The van der Waals surface area contributed by atoms with E-state index >= 15 is 0 Å². The molecule has 0 aromatic heterocycles. The van der Waals surface area contributed by atoms with Gasteiger partial charge >= 0.3 is 0 Å². The van der Waals surface area contributed by atoms with Crippen LogP contribution in [0.2, 0.25) is 0 Å². The maximum atomic E-state index is 13.9. The van der Waals surface area contributed by atoms with Gasteiger partial charge < -0.3 is 5.32 Å². The summed E-state index contributed by atoms with van der Waals surface area (Å²) < 4.78 is 39.0. The molecule has 2 rings (SSSR count). The third-order valence-corrected chi connectivity index (χ3v) is 5.26. The van der Waals surface area contributed by atoms with E-state index in [0.717, 1.165) is 16.1 Å². The Hall–Kier alpha value is -2.25. The van der Waals surface area contributed by atoms with Gasteiger partial charge in [-0.2, -0.15) is 4.31 Å². The van der Waals surface area contributed by atoms with E-state index in [0.29, 0.717) is 6.42 Å². The predicted molar refractivity (Wildman–Crippen MR) is 104 cm³/mol. The van der Waals surface area contributed by atoms with Crippen LogP contribution in [-0.2, 0) is 27.8 Å². The molecule has 0 aliphatic carbocycles. The average molecular weight is 392 g/mol. The van der Waals surface area contributed by atoms with Crippen LogP contribution in [0.4, 0.5) is 4.39 Å². The van der Waals surface area contributed by atoms with Gasteiger partial charge in [0.25, 0.3) is 0 Å². The first-order chi connectivity index (χ1) is 12.6. The molecule has 0 spiro atoms. The van der Waals surface area contributed by atoms with E-state index in [1.54, 1.807) is 6.07 Å². The molecule has 146 valence electrons. The fraction of sp³-hybridized carbons (Fsp3) is 0.350. The van der Waals surface area contributed by atoms with Crippen molar-refractivity contribution < 1.29 is 17.6 Å². The molecule has 0 aliphatic rings. The minimum Gasteiger partial charge on any atom is -0.350 e. The van der Waals surface area contributed by atoms with E-state index in [2.05, 4.69) is 5.32 Å². The molecular weight excluding hydrogens is 367 g/mol. The number of sulfonamides is 1. The van der Waals surface area contributed by atoms with Gasteiger partial charge in [-0.05, 0) is 31.9 Å². The lowest BCUT2D eigenvalue weighted by Gasteiger charge is -2.28. The molecule has 27 heavy (non-hydrogen) atoms. The van der Waals surface area contributed by atoms with Crippen molar-refractivity contribution in [1.82, 2.24) is 9.62 Å². The Labute approximate surface area is 160 Å². The van der Waals surface area contributed by atoms with Crippen molar-refractivity contribution in [1.29, 1.82) is 0 Å². The van der Waals surface area contributed by atoms with Crippen molar-refractivity contribution >= 4 is 15.9 Å². The molecule has 0 fully saturated rings. The number of amides is 1. The minimum atomic E-state index is -3.68. The minimum absolute atomic E-state index is 0.196. The Morgan fingerprint density at radius 1 is 1.07 bits per heavy atom. The first-order valence-corrected chi connectivity index (χ1v) is 10.5. The van der Waals surface area contributed by atoms with Crippen LogP contribution >= 0.6 is 0 Å². The highest BCUT2D eigenvalue weighted by Gasteiger charge is 2.26. The van der Waals surface area contributed by atoms with Gasteiger partial charge in [0.15, 0.2) is 0 Å². The molecule has 0 atom stereocenters. The van der Waals surface area contributed by atoms with Crippen LogP contribution in [0.25, 0.3) is 0 Å². The summed E-state index contributed by atoms with van der Waals surface area (Å²) in [5, 5.41) is 2.87. The van der Waals surface area contributed by atoms with Gasteiger partial charge in [-0.15, -0.1) is 0 Å². The van der Waals surface area contributed by atoms with Gasteiger partial charge in [0.1, 0.15) is 5.82 Å². The Balaban J connectivity index is 2.06. The van der Waals surface area contributed by atoms with Gasteiger partial charge in [0.2, 0.25) is 15.9 Å². The Bertz CT molecular complexity index is 883. The second kappa shape index (κ2) is 8.63. The molecule has 0 unspecified atom stereocenters. The maximum absolute atomic E-state index is 13.9. The summed E-state index contributed by atoms with van der Waals surface area (Å²) in [5.74, 6) is -0.936. The quantitative estimate of drug-likeness (QED) is 0.751. The number of nitrogens with one attached hydrogen (secondary N) is 1. The fourth-order valence-corrected chi connectivity index (χ4v) is 3.56. The number of halogens is 1. The summed E-state index contributed by atoms with van der Waals surface area (Å²) in [7, 11) is -3.68.